The average Bonchev–Trinajstić information content (AvgIpc) is 3.79. The van der Waals surface area contributed by atoms with Crippen LogP contribution in [0.15, 0.2) is 211 Å². The van der Waals surface area contributed by atoms with Crippen molar-refractivity contribution in [2.75, 3.05) is 4.90 Å². The van der Waals surface area contributed by atoms with Crippen LogP contribution in [-0.2, 0) is 0 Å². The van der Waals surface area contributed by atoms with Gasteiger partial charge in [-0.1, -0.05) is 140 Å². The number of benzene rings is 9. The predicted molar refractivity (Wildman–Crippen MR) is 231 cm³/mol. The lowest BCUT2D eigenvalue weighted by atomic mass is 9.94. The highest BCUT2D eigenvalue weighted by molar-refractivity contribution is 6.18. The Morgan fingerprint density at radius 1 is 0.364 bits per heavy atom. The molecule has 55 heavy (non-hydrogen) atoms. The summed E-state index contributed by atoms with van der Waals surface area (Å²) in [5, 5.41) is 7.17. The molecule has 0 fully saturated rings. The first kappa shape index (κ1) is 31.2. The number of para-hydroxylation sites is 2. The van der Waals surface area contributed by atoms with E-state index in [4.69, 9.17) is 4.42 Å². The van der Waals surface area contributed by atoms with Gasteiger partial charge in [0, 0.05) is 50.4 Å². The maximum Gasteiger partial charge on any atom is 0.137 e. The summed E-state index contributed by atoms with van der Waals surface area (Å²) in [6, 6.07) is 74.0. The Morgan fingerprint density at radius 3 is 1.80 bits per heavy atom. The van der Waals surface area contributed by atoms with Gasteiger partial charge in [0.05, 0.1) is 11.0 Å². The molecule has 0 amide bonds. The van der Waals surface area contributed by atoms with Crippen molar-refractivity contribution in [2.45, 2.75) is 0 Å². The zero-order valence-corrected chi connectivity index (χ0v) is 29.9. The van der Waals surface area contributed by atoms with E-state index in [1.54, 1.807) is 0 Å². The van der Waals surface area contributed by atoms with Crippen LogP contribution in [0, 0.1) is 0 Å². The quantitative estimate of drug-likeness (QED) is 0.172. The normalized spacial score (nSPS) is 11.6. The Morgan fingerprint density at radius 2 is 0.964 bits per heavy atom. The molecule has 0 unspecified atom stereocenters. The molecule has 11 rings (SSSR count). The van der Waals surface area contributed by atoms with Crippen LogP contribution in [0.4, 0.5) is 17.1 Å². The summed E-state index contributed by atoms with van der Waals surface area (Å²) >= 11 is 0. The lowest BCUT2D eigenvalue weighted by molar-refractivity contribution is 0.669. The predicted octanol–water partition coefficient (Wildman–Crippen LogP) is 14.6. The molecule has 2 heterocycles. The van der Waals surface area contributed by atoms with E-state index in [1.807, 2.05) is 12.1 Å². The van der Waals surface area contributed by atoms with Crippen molar-refractivity contribution in [1.29, 1.82) is 0 Å². The summed E-state index contributed by atoms with van der Waals surface area (Å²) in [5.41, 5.74) is 13.2. The molecule has 0 radical (unpaired) electrons. The second-order valence-corrected chi connectivity index (χ2v) is 14.1. The number of furan rings is 1. The van der Waals surface area contributed by atoms with E-state index in [0.29, 0.717) is 0 Å². The molecule has 3 heteroatoms. The summed E-state index contributed by atoms with van der Waals surface area (Å²) in [4.78, 5) is 2.35. The SMILES string of the molecule is c1ccc(-c2ccc(N(c3ccc4c(c3)oc3ccccc34)c3ccc4c5c(-c6cccc7ccccc67)cccc5n(-c5ccccc5)c4c3)cc2)cc1. The Balaban J connectivity index is 1.16. The van der Waals surface area contributed by atoms with E-state index in [-0.39, 0.29) is 0 Å². The highest BCUT2D eigenvalue weighted by atomic mass is 16.3. The molecule has 0 aliphatic carbocycles. The largest absolute Gasteiger partial charge is 0.456 e. The van der Waals surface area contributed by atoms with Gasteiger partial charge in [0.2, 0.25) is 0 Å². The lowest BCUT2D eigenvalue weighted by Crippen LogP contribution is -2.10. The maximum absolute atomic E-state index is 6.43. The van der Waals surface area contributed by atoms with Gasteiger partial charge in [-0.3, -0.25) is 0 Å². The molecule has 0 bridgehead atoms. The van der Waals surface area contributed by atoms with Crippen LogP contribution in [-0.4, -0.2) is 4.57 Å². The highest BCUT2D eigenvalue weighted by Gasteiger charge is 2.21. The van der Waals surface area contributed by atoms with Crippen molar-refractivity contribution in [3.05, 3.63) is 206 Å². The molecule has 11 aromatic rings. The number of nitrogens with zero attached hydrogens (tertiary/aromatic N) is 2. The third-order valence-electron chi connectivity index (χ3n) is 11.0. The summed E-state index contributed by atoms with van der Waals surface area (Å²) in [6.07, 6.45) is 0. The number of anilines is 3. The number of hydrogen-bond donors (Lipinski definition) is 0. The number of fused-ring (bicyclic) bond motifs is 7. The van der Waals surface area contributed by atoms with Gasteiger partial charge in [-0.2, -0.15) is 0 Å². The third-order valence-corrected chi connectivity index (χ3v) is 11.0. The van der Waals surface area contributed by atoms with Crippen molar-refractivity contribution in [3.8, 4) is 27.9 Å². The smallest absolute Gasteiger partial charge is 0.137 e. The minimum atomic E-state index is 0.865. The van der Waals surface area contributed by atoms with Crippen molar-refractivity contribution in [1.82, 2.24) is 4.57 Å². The average molecular weight is 703 g/mol. The molecule has 0 aliphatic heterocycles. The second kappa shape index (κ2) is 12.6. The lowest BCUT2D eigenvalue weighted by Gasteiger charge is -2.26. The first-order chi connectivity index (χ1) is 27.3. The standard InChI is InChI=1S/C52H34N2O/c1-3-13-35(14-4-1)36-25-27-39(28-26-36)53(41-29-31-45-44-20-9-10-24-50(44)55-51(45)34-41)40-30-32-47-49(33-40)54(38-17-5-2-6-18-38)48-23-12-22-46(52(47)48)43-21-11-16-37-15-7-8-19-42(37)43/h1-34H. The summed E-state index contributed by atoms with van der Waals surface area (Å²) in [7, 11) is 0. The maximum atomic E-state index is 6.43. The van der Waals surface area contributed by atoms with Crippen LogP contribution in [0.5, 0.6) is 0 Å². The molecule has 258 valence electrons. The van der Waals surface area contributed by atoms with Crippen molar-refractivity contribution in [2.24, 2.45) is 0 Å². The number of hydrogen-bond acceptors (Lipinski definition) is 2. The zero-order chi connectivity index (χ0) is 36.3. The van der Waals surface area contributed by atoms with E-state index in [2.05, 4.69) is 204 Å². The van der Waals surface area contributed by atoms with Crippen LogP contribution in [0.1, 0.15) is 0 Å². The molecule has 0 saturated carbocycles. The van der Waals surface area contributed by atoms with Crippen molar-refractivity contribution in [3.63, 3.8) is 0 Å². The molecule has 0 saturated heterocycles. The summed E-state index contributed by atoms with van der Waals surface area (Å²) in [5.74, 6) is 0. The summed E-state index contributed by atoms with van der Waals surface area (Å²) < 4.78 is 8.85. The number of aromatic nitrogens is 1. The summed E-state index contributed by atoms with van der Waals surface area (Å²) in [6.45, 7) is 0. The van der Waals surface area contributed by atoms with Gasteiger partial charge < -0.3 is 13.9 Å². The van der Waals surface area contributed by atoms with Crippen LogP contribution >= 0.6 is 0 Å². The molecule has 0 N–H and O–H groups in total. The van der Waals surface area contributed by atoms with Crippen LogP contribution < -0.4 is 4.90 Å². The Bertz CT molecular complexity index is 3190. The van der Waals surface area contributed by atoms with E-state index in [0.717, 1.165) is 50.2 Å². The number of rotatable bonds is 6. The molecule has 0 spiro atoms. The van der Waals surface area contributed by atoms with E-state index in [9.17, 15) is 0 Å². The van der Waals surface area contributed by atoms with Gasteiger partial charge in [-0.15, -0.1) is 0 Å². The molecular formula is C52H34N2O. The molecule has 3 nitrogen and oxygen atoms in total. The fraction of sp³-hybridized carbons (Fsp3) is 0. The first-order valence-corrected chi connectivity index (χ1v) is 18.8. The highest BCUT2D eigenvalue weighted by Crippen LogP contribution is 2.44. The fourth-order valence-corrected chi connectivity index (χ4v) is 8.47. The molecule has 9 aromatic carbocycles. The Hall–Kier alpha value is -7.36. The van der Waals surface area contributed by atoms with E-state index >= 15 is 0 Å². The van der Waals surface area contributed by atoms with E-state index < -0.39 is 0 Å². The molecule has 0 atom stereocenters. The topological polar surface area (TPSA) is 21.3 Å². The fourth-order valence-electron chi connectivity index (χ4n) is 8.47. The van der Waals surface area contributed by atoms with Crippen LogP contribution in [0.2, 0.25) is 0 Å². The van der Waals surface area contributed by atoms with Crippen LogP contribution in [0.3, 0.4) is 0 Å². The Labute approximate surface area is 318 Å². The second-order valence-electron chi connectivity index (χ2n) is 14.1. The van der Waals surface area contributed by atoms with Gasteiger partial charge in [0.25, 0.3) is 0 Å². The van der Waals surface area contributed by atoms with Gasteiger partial charge in [-0.25, -0.2) is 0 Å². The first-order valence-electron chi connectivity index (χ1n) is 18.8. The van der Waals surface area contributed by atoms with Crippen molar-refractivity contribution < 1.29 is 4.42 Å². The third kappa shape index (κ3) is 5.13. The van der Waals surface area contributed by atoms with Crippen molar-refractivity contribution >= 4 is 71.6 Å². The minimum absolute atomic E-state index is 0.865. The van der Waals surface area contributed by atoms with E-state index in [1.165, 1.54) is 49.3 Å². The van der Waals surface area contributed by atoms with Gasteiger partial charge in [0.1, 0.15) is 11.2 Å². The zero-order valence-electron chi connectivity index (χ0n) is 29.9. The Kier molecular flexibility index (Phi) is 7.17. The van der Waals surface area contributed by atoms with Gasteiger partial charge in [-0.05, 0) is 93.7 Å². The molecular weight excluding hydrogens is 669 g/mol. The van der Waals surface area contributed by atoms with Crippen LogP contribution in [0.25, 0.3) is 82.5 Å². The van der Waals surface area contributed by atoms with Gasteiger partial charge >= 0.3 is 0 Å². The minimum Gasteiger partial charge on any atom is -0.456 e. The monoisotopic (exact) mass is 702 g/mol. The van der Waals surface area contributed by atoms with Gasteiger partial charge in [0.15, 0.2) is 0 Å². The molecule has 0 aliphatic rings. The molecule has 2 aromatic heterocycles.